The second-order valence-electron chi connectivity index (χ2n) is 4.78. The van der Waals surface area contributed by atoms with Crippen LogP contribution in [0.1, 0.15) is 23.0 Å². The van der Waals surface area contributed by atoms with Gasteiger partial charge in [0.15, 0.2) is 0 Å². The smallest absolute Gasteiger partial charge is 0.319 e. The van der Waals surface area contributed by atoms with Crippen molar-refractivity contribution < 1.29 is 9.53 Å². The van der Waals surface area contributed by atoms with Crippen molar-refractivity contribution in [1.29, 1.82) is 0 Å². The molecule has 0 radical (unpaired) electrons. The summed E-state index contributed by atoms with van der Waals surface area (Å²) in [6, 6.07) is 7.98. The molecule has 0 aromatic heterocycles. The lowest BCUT2D eigenvalue weighted by molar-refractivity contribution is 0.194. The van der Waals surface area contributed by atoms with E-state index in [1.165, 1.54) is 23.5 Å². The zero-order chi connectivity index (χ0) is 14.9. The summed E-state index contributed by atoms with van der Waals surface area (Å²) in [5, 5.41) is 5.71. The summed E-state index contributed by atoms with van der Waals surface area (Å²) in [5.74, 6) is 2.44. The molecule has 1 aromatic carbocycles. The summed E-state index contributed by atoms with van der Waals surface area (Å²) >= 11 is 3.97. The van der Waals surface area contributed by atoms with Crippen LogP contribution in [0.3, 0.4) is 0 Å². The molecule has 0 bridgehead atoms. The molecule has 6 heteroatoms. The van der Waals surface area contributed by atoms with Crippen molar-refractivity contribution in [3.05, 3.63) is 29.8 Å². The number of thioether (sulfide) groups is 2. The molecule has 1 saturated heterocycles. The van der Waals surface area contributed by atoms with Gasteiger partial charge in [0.05, 0.1) is 4.58 Å². The van der Waals surface area contributed by atoms with E-state index in [2.05, 4.69) is 22.8 Å². The minimum absolute atomic E-state index is 0.160. The molecule has 1 aliphatic rings. The second kappa shape index (κ2) is 9.23. The van der Waals surface area contributed by atoms with E-state index in [1.807, 2.05) is 35.7 Å². The van der Waals surface area contributed by atoms with Crippen LogP contribution in [0.15, 0.2) is 24.3 Å². The topological polar surface area (TPSA) is 50.4 Å². The zero-order valence-corrected chi connectivity index (χ0v) is 13.9. The van der Waals surface area contributed by atoms with Crippen molar-refractivity contribution in [1.82, 2.24) is 5.32 Å². The average Bonchev–Trinajstić information content (AvgIpc) is 2.53. The van der Waals surface area contributed by atoms with Crippen molar-refractivity contribution in [2.75, 3.05) is 37.1 Å². The van der Waals surface area contributed by atoms with Crippen LogP contribution >= 0.6 is 23.5 Å². The lowest BCUT2D eigenvalue weighted by atomic mass is 10.2. The molecule has 0 atom stereocenters. The highest BCUT2D eigenvalue weighted by Crippen LogP contribution is 2.43. The predicted molar refractivity (Wildman–Crippen MR) is 92.2 cm³/mol. The Kier molecular flexibility index (Phi) is 7.26. The third-order valence-corrected chi connectivity index (χ3v) is 6.07. The summed E-state index contributed by atoms with van der Waals surface area (Å²) in [5.41, 5.74) is 2.13. The third kappa shape index (κ3) is 5.80. The Morgan fingerprint density at radius 1 is 1.38 bits per heavy atom. The number of anilines is 1. The Bertz CT molecular complexity index is 451. The highest BCUT2D eigenvalue weighted by Gasteiger charge is 2.16. The maximum Gasteiger partial charge on any atom is 0.319 e. The second-order valence-corrected chi connectivity index (χ2v) is 7.50. The van der Waals surface area contributed by atoms with Crippen LogP contribution in [0, 0.1) is 0 Å². The fourth-order valence-corrected chi connectivity index (χ4v) is 4.91. The highest BCUT2D eigenvalue weighted by atomic mass is 32.2. The predicted octanol–water partition coefficient (Wildman–Crippen LogP) is 3.71. The van der Waals surface area contributed by atoms with E-state index in [-0.39, 0.29) is 6.03 Å². The quantitative estimate of drug-likeness (QED) is 0.782. The lowest BCUT2D eigenvalue weighted by Gasteiger charge is -2.21. The van der Waals surface area contributed by atoms with Crippen LogP contribution in [0.25, 0.3) is 0 Å². The maximum absolute atomic E-state index is 11.8. The van der Waals surface area contributed by atoms with E-state index < -0.39 is 0 Å². The Labute approximate surface area is 134 Å². The molecule has 1 aliphatic heterocycles. The van der Waals surface area contributed by atoms with Crippen molar-refractivity contribution >= 4 is 35.2 Å². The first kappa shape index (κ1) is 16.5. The summed E-state index contributed by atoms with van der Waals surface area (Å²) in [6.07, 6.45) is 2.10. The normalized spacial score (nSPS) is 15.7. The van der Waals surface area contributed by atoms with E-state index in [4.69, 9.17) is 4.74 Å². The average molecular weight is 326 g/mol. The Morgan fingerprint density at radius 3 is 2.95 bits per heavy atom. The Morgan fingerprint density at radius 2 is 2.19 bits per heavy atom. The van der Waals surface area contributed by atoms with Gasteiger partial charge < -0.3 is 15.4 Å². The van der Waals surface area contributed by atoms with Gasteiger partial charge in [-0.05, 0) is 42.0 Å². The number of hydrogen-bond acceptors (Lipinski definition) is 4. The minimum atomic E-state index is -0.160. The van der Waals surface area contributed by atoms with Crippen LogP contribution in [-0.2, 0) is 4.74 Å². The van der Waals surface area contributed by atoms with Crippen LogP contribution in [-0.4, -0.2) is 37.8 Å². The number of carbonyl (C=O) groups is 1. The minimum Gasteiger partial charge on any atom is -0.385 e. The molecule has 4 nitrogen and oxygen atoms in total. The van der Waals surface area contributed by atoms with Gasteiger partial charge in [0.2, 0.25) is 0 Å². The number of benzene rings is 1. The molecule has 21 heavy (non-hydrogen) atoms. The van der Waals surface area contributed by atoms with Crippen LogP contribution in [0.5, 0.6) is 0 Å². The Hall–Kier alpha value is -0.850. The molecule has 2 N–H and O–H groups in total. The molecule has 1 aromatic rings. The summed E-state index contributed by atoms with van der Waals surface area (Å²) in [4.78, 5) is 11.8. The number of hydrogen-bond donors (Lipinski definition) is 2. The molecule has 1 fully saturated rings. The van der Waals surface area contributed by atoms with Crippen LogP contribution in [0.2, 0.25) is 0 Å². The van der Waals surface area contributed by atoms with E-state index in [9.17, 15) is 4.79 Å². The van der Waals surface area contributed by atoms with Crippen LogP contribution < -0.4 is 10.6 Å². The monoisotopic (exact) mass is 326 g/mol. The molecular weight excluding hydrogens is 304 g/mol. The summed E-state index contributed by atoms with van der Waals surface area (Å²) in [7, 11) is 1.66. The molecule has 2 rings (SSSR count). The first-order chi connectivity index (χ1) is 10.3. The van der Waals surface area contributed by atoms with Gasteiger partial charge in [0, 0.05) is 25.9 Å². The summed E-state index contributed by atoms with van der Waals surface area (Å²) in [6.45, 7) is 1.28. The SMILES string of the molecule is COCCCNC(=O)Nc1cccc(C2SCCCS2)c1. The maximum atomic E-state index is 11.8. The number of urea groups is 1. The van der Waals surface area contributed by atoms with Gasteiger partial charge in [-0.2, -0.15) is 0 Å². The van der Waals surface area contributed by atoms with Gasteiger partial charge in [-0.1, -0.05) is 12.1 Å². The zero-order valence-electron chi connectivity index (χ0n) is 12.3. The number of carbonyl (C=O) groups excluding carboxylic acids is 1. The number of ether oxygens (including phenoxy) is 1. The van der Waals surface area contributed by atoms with Gasteiger partial charge in [-0.3, -0.25) is 0 Å². The van der Waals surface area contributed by atoms with E-state index in [1.54, 1.807) is 7.11 Å². The number of nitrogens with one attached hydrogen (secondary N) is 2. The van der Waals surface area contributed by atoms with E-state index in [0.717, 1.165) is 12.1 Å². The Balaban J connectivity index is 1.84. The van der Waals surface area contributed by atoms with Crippen molar-refractivity contribution in [3.63, 3.8) is 0 Å². The van der Waals surface area contributed by atoms with Gasteiger partial charge >= 0.3 is 6.03 Å². The van der Waals surface area contributed by atoms with Gasteiger partial charge in [-0.15, -0.1) is 23.5 Å². The lowest BCUT2D eigenvalue weighted by Crippen LogP contribution is -2.30. The number of amides is 2. The first-order valence-electron chi connectivity index (χ1n) is 7.16. The molecule has 0 spiro atoms. The number of methoxy groups -OCH3 is 1. The standard InChI is InChI=1S/C15H22N2O2S2/c1-19-8-3-7-16-15(18)17-13-6-2-5-12(11-13)14-20-9-4-10-21-14/h2,5-6,11,14H,3-4,7-10H2,1H3,(H2,16,17,18). The number of rotatable bonds is 6. The molecule has 2 amide bonds. The van der Waals surface area contributed by atoms with Gasteiger partial charge in [0.25, 0.3) is 0 Å². The van der Waals surface area contributed by atoms with Gasteiger partial charge in [0.1, 0.15) is 0 Å². The molecule has 0 aliphatic carbocycles. The molecule has 1 heterocycles. The van der Waals surface area contributed by atoms with Gasteiger partial charge in [-0.25, -0.2) is 4.79 Å². The molecule has 0 saturated carbocycles. The molecule has 0 unspecified atom stereocenters. The largest absolute Gasteiger partial charge is 0.385 e. The van der Waals surface area contributed by atoms with Crippen molar-refractivity contribution in [2.45, 2.75) is 17.4 Å². The third-order valence-electron chi connectivity index (χ3n) is 3.05. The van der Waals surface area contributed by atoms with Crippen LogP contribution in [0.4, 0.5) is 10.5 Å². The summed E-state index contributed by atoms with van der Waals surface area (Å²) < 4.78 is 5.44. The van der Waals surface area contributed by atoms with Crippen molar-refractivity contribution in [3.8, 4) is 0 Å². The van der Waals surface area contributed by atoms with E-state index in [0.29, 0.717) is 17.7 Å². The highest BCUT2D eigenvalue weighted by molar-refractivity contribution is 8.16. The molecule has 116 valence electrons. The molecular formula is C15H22N2O2S2. The fraction of sp³-hybridized carbons (Fsp3) is 0.533. The fourth-order valence-electron chi connectivity index (χ4n) is 2.04. The first-order valence-corrected chi connectivity index (χ1v) is 9.26. The van der Waals surface area contributed by atoms with E-state index >= 15 is 0 Å². The van der Waals surface area contributed by atoms with Crippen molar-refractivity contribution in [2.24, 2.45) is 0 Å².